The minimum Gasteiger partial charge on any atom is -0.396 e. The van der Waals surface area contributed by atoms with Crippen LogP contribution < -0.4 is 5.32 Å². The van der Waals surface area contributed by atoms with Gasteiger partial charge in [0.05, 0.1) is 6.20 Å². The molecular formula is C13H23N3O2. The van der Waals surface area contributed by atoms with Gasteiger partial charge in [0.25, 0.3) is 0 Å². The van der Waals surface area contributed by atoms with Gasteiger partial charge in [0.15, 0.2) is 0 Å². The maximum Gasteiger partial charge on any atom is 0.220 e. The van der Waals surface area contributed by atoms with Crippen molar-refractivity contribution in [2.75, 3.05) is 6.61 Å². The SMILES string of the molecule is Cc1c(CCC(=O)NC(C)CCCO)cnn1C. The summed E-state index contributed by atoms with van der Waals surface area (Å²) in [6.45, 7) is 4.14. The monoisotopic (exact) mass is 253 g/mol. The van der Waals surface area contributed by atoms with E-state index in [9.17, 15) is 4.79 Å². The summed E-state index contributed by atoms with van der Waals surface area (Å²) in [7, 11) is 1.90. The summed E-state index contributed by atoms with van der Waals surface area (Å²) in [6, 6.07) is 0.125. The van der Waals surface area contributed by atoms with Crippen LogP contribution >= 0.6 is 0 Å². The highest BCUT2D eigenvalue weighted by Gasteiger charge is 2.09. The number of aryl methyl sites for hydroxylation is 2. The molecule has 0 aliphatic heterocycles. The topological polar surface area (TPSA) is 67.2 Å². The summed E-state index contributed by atoms with van der Waals surface area (Å²) in [5, 5.41) is 15.8. The average molecular weight is 253 g/mol. The molecule has 0 aliphatic rings. The van der Waals surface area contributed by atoms with Crippen molar-refractivity contribution in [1.82, 2.24) is 15.1 Å². The van der Waals surface area contributed by atoms with Gasteiger partial charge in [-0.3, -0.25) is 9.48 Å². The van der Waals surface area contributed by atoms with Crippen molar-refractivity contribution in [3.05, 3.63) is 17.5 Å². The Bertz CT molecular complexity index is 388. The first-order chi connectivity index (χ1) is 8.54. The van der Waals surface area contributed by atoms with Crippen LogP contribution in [0.3, 0.4) is 0 Å². The molecule has 18 heavy (non-hydrogen) atoms. The number of nitrogens with zero attached hydrogens (tertiary/aromatic N) is 2. The Kier molecular flexibility index (Phi) is 5.85. The highest BCUT2D eigenvalue weighted by atomic mass is 16.3. The van der Waals surface area contributed by atoms with Crippen LogP contribution in [0.15, 0.2) is 6.20 Å². The lowest BCUT2D eigenvalue weighted by Gasteiger charge is -2.12. The Labute approximate surface area is 108 Å². The van der Waals surface area contributed by atoms with Crippen molar-refractivity contribution in [1.29, 1.82) is 0 Å². The van der Waals surface area contributed by atoms with E-state index in [1.54, 1.807) is 0 Å². The fourth-order valence-corrected chi connectivity index (χ4v) is 1.85. The highest BCUT2D eigenvalue weighted by Crippen LogP contribution is 2.08. The summed E-state index contributed by atoms with van der Waals surface area (Å²) >= 11 is 0. The van der Waals surface area contributed by atoms with Crippen molar-refractivity contribution >= 4 is 5.91 Å². The van der Waals surface area contributed by atoms with Gasteiger partial charge in [0, 0.05) is 31.8 Å². The number of aliphatic hydroxyl groups is 1. The Morgan fingerprint density at radius 1 is 1.61 bits per heavy atom. The maximum absolute atomic E-state index is 11.7. The molecule has 0 fully saturated rings. The lowest BCUT2D eigenvalue weighted by Crippen LogP contribution is -2.32. The molecule has 0 saturated carbocycles. The first-order valence-electron chi connectivity index (χ1n) is 6.42. The molecule has 5 nitrogen and oxygen atoms in total. The third-order valence-corrected chi connectivity index (χ3v) is 3.16. The number of rotatable bonds is 7. The average Bonchev–Trinajstić information content (AvgIpc) is 2.65. The van der Waals surface area contributed by atoms with E-state index in [-0.39, 0.29) is 18.6 Å². The smallest absolute Gasteiger partial charge is 0.220 e. The van der Waals surface area contributed by atoms with E-state index in [2.05, 4.69) is 10.4 Å². The molecule has 1 aromatic heterocycles. The van der Waals surface area contributed by atoms with Gasteiger partial charge in [0.1, 0.15) is 0 Å². The molecule has 5 heteroatoms. The fraction of sp³-hybridized carbons (Fsp3) is 0.692. The summed E-state index contributed by atoms with van der Waals surface area (Å²) in [4.78, 5) is 11.7. The number of hydrogen-bond acceptors (Lipinski definition) is 3. The predicted octanol–water partition coefficient (Wildman–Crippen LogP) is 0.938. The largest absolute Gasteiger partial charge is 0.396 e. The summed E-state index contributed by atoms with van der Waals surface area (Å²) in [5.74, 6) is 0.0590. The Morgan fingerprint density at radius 3 is 2.89 bits per heavy atom. The number of nitrogens with one attached hydrogen (secondary N) is 1. The van der Waals surface area contributed by atoms with Crippen LogP contribution in [0.25, 0.3) is 0 Å². The van der Waals surface area contributed by atoms with E-state index in [1.165, 1.54) is 0 Å². The highest BCUT2D eigenvalue weighted by molar-refractivity contribution is 5.76. The van der Waals surface area contributed by atoms with E-state index in [0.29, 0.717) is 6.42 Å². The Morgan fingerprint density at radius 2 is 2.33 bits per heavy atom. The van der Waals surface area contributed by atoms with E-state index in [4.69, 9.17) is 5.11 Å². The quantitative estimate of drug-likeness (QED) is 0.760. The van der Waals surface area contributed by atoms with E-state index in [0.717, 1.165) is 30.5 Å². The molecule has 0 aliphatic carbocycles. The van der Waals surface area contributed by atoms with E-state index in [1.807, 2.05) is 31.8 Å². The molecule has 0 radical (unpaired) electrons. The summed E-state index contributed by atoms with van der Waals surface area (Å²) in [5.41, 5.74) is 2.23. The van der Waals surface area contributed by atoms with Crippen molar-refractivity contribution in [3.63, 3.8) is 0 Å². The minimum absolute atomic E-state index is 0.0590. The first kappa shape index (κ1) is 14.7. The molecular weight excluding hydrogens is 230 g/mol. The van der Waals surface area contributed by atoms with Crippen LogP contribution in [0.1, 0.15) is 37.4 Å². The van der Waals surface area contributed by atoms with Crippen molar-refractivity contribution in [2.45, 2.75) is 45.6 Å². The molecule has 1 aromatic rings. The molecule has 102 valence electrons. The minimum atomic E-state index is 0.0590. The molecule has 0 spiro atoms. The first-order valence-corrected chi connectivity index (χ1v) is 6.42. The van der Waals surface area contributed by atoms with Gasteiger partial charge < -0.3 is 10.4 Å². The zero-order chi connectivity index (χ0) is 13.5. The molecule has 0 bridgehead atoms. The van der Waals surface area contributed by atoms with E-state index >= 15 is 0 Å². The Hall–Kier alpha value is -1.36. The van der Waals surface area contributed by atoms with Crippen LogP contribution in [-0.4, -0.2) is 33.4 Å². The molecule has 1 rings (SSSR count). The van der Waals surface area contributed by atoms with Gasteiger partial charge in [-0.25, -0.2) is 0 Å². The second-order valence-corrected chi connectivity index (χ2v) is 4.71. The van der Waals surface area contributed by atoms with Crippen molar-refractivity contribution in [3.8, 4) is 0 Å². The summed E-state index contributed by atoms with van der Waals surface area (Å²) < 4.78 is 1.82. The van der Waals surface area contributed by atoms with Crippen LogP contribution in [0.5, 0.6) is 0 Å². The molecule has 2 N–H and O–H groups in total. The number of amides is 1. The third kappa shape index (κ3) is 4.49. The lowest BCUT2D eigenvalue weighted by molar-refractivity contribution is -0.121. The second-order valence-electron chi connectivity index (χ2n) is 4.71. The zero-order valence-corrected chi connectivity index (χ0v) is 11.4. The summed E-state index contributed by atoms with van der Waals surface area (Å²) in [6.07, 6.45) is 4.56. The van der Waals surface area contributed by atoms with E-state index < -0.39 is 0 Å². The molecule has 1 amide bonds. The fourth-order valence-electron chi connectivity index (χ4n) is 1.85. The normalized spacial score (nSPS) is 12.4. The number of carbonyl (C=O) groups excluding carboxylic acids is 1. The third-order valence-electron chi connectivity index (χ3n) is 3.16. The molecule has 1 unspecified atom stereocenters. The van der Waals surface area contributed by atoms with Gasteiger partial charge in [0.2, 0.25) is 5.91 Å². The van der Waals surface area contributed by atoms with Crippen LogP contribution in [0.2, 0.25) is 0 Å². The van der Waals surface area contributed by atoms with Crippen LogP contribution in [0.4, 0.5) is 0 Å². The number of aromatic nitrogens is 2. The zero-order valence-electron chi connectivity index (χ0n) is 11.4. The number of hydrogen-bond donors (Lipinski definition) is 2. The molecule has 0 aromatic carbocycles. The number of carbonyl (C=O) groups is 1. The van der Waals surface area contributed by atoms with Crippen LogP contribution in [-0.2, 0) is 18.3 Å². The lowest BCUT2D eigenvalue weighted by atomic mass is 10.1. The van der Waals surface area contributed by atoms with Crippen LogP contribution in [0, 0.1) is 6.92 Å². The van der Waals surface area contributed by atoms with Gasteiger partial charge >= 0.3 is 0 Å². The van der Waals surface area contributed by atoms with Crippen molar-refractivity contribution < 1.29 is 9.90 Å². The van der Waals surface area contributed by atoms with Gasteiger partial charge in [-0.1, -0.05) is 0 Å². The molecule has 1 atom stereocenters. The molecule has 1 heterocycles. The van der Waals surface area contributed by atoms with Gasteiger partial charge in [-0.15, -0.1) is 0 Å². The van der Waals surface area contributed by atoms with Crippen molar-refractivity contribution in [2.24, 2.45) is 7.05 Å². The predicted molar refractivity (Wildman–Crippen MR) is 70.2 cm³/mol. The standard InChI is InChI=1S/C13H23N3O2/c1-10(5-4-8-17)15-13(18)7-6-12-9-14-16(3)11(12)2/h9-10,17H,4-8H2,1-3H3,(H,15,18). The maximum atomic E-state index is 11.7. The Balaban J connectivity index is 2.31. The number of aliphatic hydroxyl groups excluding tert-OH is 1. The second kappa shape index (κ2) is 7.16. The molecule has 0 saturated heterocycles. The van der Waals surface area contributed by atoms with Gasteiger partial charge in [-0.2, -0.15) is 5.10 Å². The van der Waals surface area contributed by atoms with Gasteiger partial charge in [-0.05, 0) is 38.7 Å².